The Morgan fingerprint density at radius 3 is 2.16 bits per heavy atom. The van der Waals surface area contributed by atoms with E-state index in [1.807, 2.05) is 92.7 Å². The summed E-state index contributed by atoms with van der Waals surface area (Å²) in [6.07, 6.45) is 0. The number of amides is 1. The molecule has 4 nitrogen and oxygen atoms in total. The molecule has 0 saturated carbocycles. The first-order valence-electron chi connectivity index (χ1n) is 12.4. The van der Waals surface area contributed by atoms with Crippen LogP contribution in [0.1, 0.15) is 28.4 Å². The number of aromatic nitrogens is 1. The molecule has 0 aliphatic carbocycles. The molecule has 0 atom stereocenters. The van der Waals surface area contributed by atoms with Crippen LogP contribution in [0.4, 0.5) is 5.69 Å². The molecule has 0 unspecified atom stereocenters. The van der Waals surface area contributed by atoms with Crippen LogP contribution < -0.4 is 10.5 Å². The molecule has 4 aromatic carbocycles. The van der Waals surface area contributed by atoms with E-state index >= 15 is 0 Å². The highest BCUT2D eigenvalue weighted by Crippen LogP contribution is 2.28. The number of hydrogen-bond acceptors (Lipinski definition) is 3. The number of fused-ring (bicyclic) bond motifs is 1. The van der Waals surface area contributed by atoms with Crippen LogP contribution in [0.2, 0.25) is 0 Å². The van der Waals surface area contributed by atoms with E-state index in [9.17, 15) is 9.59 Å². The molecule has 0 spiro atoms. The molecule has 1 aromatic heterocycles. The smallest absolute Gasteiger partial charge is 0.264 e. The van der Waals surface area contributed by atoms with Crippen molar-refractivity contribution in [2.45, 2.75) is 30.2 Å². The predicted molar refractivity (Wildman–Crippen MR) is 153 cm³/mol. The van der Waals surface area contributed by atoms with E-state index < -0.39 is 0 Å². The van der Waals surface area contributed by atoms with Gasteiger partial charge in [-0.1, -0.05) is 78.0 Å². The third-order valence-electron chi connectivity index (χ3n) is 6.38. The number of pyridine rings is 1. The summed E-state index contributed by atoms with van der Waals surface area (Å²) in [4.78, 5) is 31.4. The van der Waals surface area contributed by atoms with Gasteiger partial charge in [0.15, 0.2) is 0 Å². The van der Waals surface area contributed by atoms with Crippen molar-refractivity contribution in [2.24, 2.45) is 0 Å². The number of benzene rings is 4. The van der Waals surface area contributed by atoms with Crippen molar-refractivity contribution in [1.29, 1.82) is 0 Å². The number of anilines is 1. The van der Waals surface area contributed by atoms with Crippen molar-refractivity contribution >= 4 is 34.3 Å². The number of carbonyl (C=O) groups is 1. The second kappa shape index (κ2) is 10.9. The van der Waals surface area contributed by atoms with Crippen LogP contribution in [0, 0.1) is 6.92 Å². The summed E-state index contributed by atoms with van der Waals surface area (Å²) in [7, 11) is 0. The molecule has 0 radical (unpaired) electrons. The number of carbonyl (C=O) groups excluding carboxylic acids is 1. The third kappa shape index (κ3) is 5.37. The molecular weight excluding hydrogens is 476 g/mol. The first-order chi connectivity index (χ1) is 18.0. The van der Waals surface area contributed by atoms with Gasteiger partial charge in [-0.05, 0) is 73.3 Å². The summed E-state index contributed by atoms with van der Waals surface area (Å²) >= 11 is 1.70. The van der Waals surface area contributed by atoms with Gasteiger partial charge in [-0.15, -0.1) is 0 Å². The highest BCUT2D eigenvalue weighted by atomic mass is 32.2. The number of para-hydroxylation sites is 1. The molecule has 184 valence electrons. The minimum Gasteiger partial charge on any atom is -0.308 e. The number of nitrogens with zero attached hydrogens (tertiary/aromatic N) is 2. The maximum Gasteiger partial charge on any atom is 0.264 e. The van der Waals surface area contributed by atoms with E-state index in [1.54, 1.807) is 27.3 Å². The van der Waals surface area contributed by atoms with E-state index in [0.717, 1.165) is 32.6 Å². The topological polar surface area (TPSA) is 42.3 Å². The van der Waals surface area contributed by atoms with Crippen molar-refractivity contribution in [3.63, 3.8) is 0 Å². The summed E-state index contributed by atoms with van der Waals surface area (Å²) in [6, 6.07) is 35.7. The van der Waals surface area contributed by atoms with Crippen LogP contribution in [0.5, 0.6) is 0 Å². The maximum absolute atomic E-state index is 13.8. The van der Waals surface area contributed by atoms with Crippen LogP contribution in [0.3, 0.4) is 0 Å². The summed E-state index contributed by atoms with van der Waals surface area (Å²) in [5.74, 6) is -0.287. The summed E-state index contributed by atoms with van der Waals surface area (Å²) < 4.78 is 1.71. The highest BCUT2D eigenvalue weighted by Gasteiger charge is 2.22. The Balaban J connectivity index is 1.49. The number of rotatable bonds is 7. The number of aryl methyl sites for hydroxylation is 1. The van der Waals surface area contributed by atoms with Gasteiger partial charge in [0.2, 0.25) is 0 Å². The number of hydrogen-bond donors (Lipinski definition) is 0. The second-order valence-corrected chi connectivity index (χ2v) is 10.1. The van der Waals surface area contributed by atoms with E-state index in [2.05, 4.69) is 24.3 Å². The van der Waals surface area contributed by atoms with Gasteiger partial charge in [-0.25, -0.2) is 0 Å². The maximum atomic E-state index is 13.8. The van der Waals surface area contributed by atoms with Gasteiger partial charge in [-0.3, -0.25) is 9.59 Å². The Morgan fingerprint density at radius 2 is 1.46 bits per heavy atom. The van der Waals surface area contributed by atoms with Gasteiger partial charge in [-0.2, -0.15) is 0 Å². The van der Waals surface area contributed by atoms with Crippen molar-refractivity contribution in [3.05, 3.63) is 136 Å². The lowest BCUT2D eigenvalue weighted by molar-refractivity contribution is 0.0986. The third-order valence-corrected chi connectivity index (χ3v) is 7.40. The Hall–Kier alpha value is -4.09. The molecule has 0 aliphatic heterocycles. The van der Waals surface area contributed by atoms with Gasteiger partial charge >= 0.3 is 0 Å². The summed E-state index contributed by atoms with van der Waals surface area (Å²) in [5, 5.41) is 0.863. The van der Waals surface area contributed by atoms with Crippen LogP contribution in [-0.4, -0.2) is 17.0 Å². The molecule has 0 N–H and O–H groups in total. The SMILES string of the molecule is CCN(C(=O)c1cc2ccccc2n(Cc2ccc(Sc3ccccc3)cc2)c1=O)c1ccc(C)cc1. The second-order valence-electron chi connectivity index (χ2n) is 8.95. The van der Waals surface area contributed by atoms with Crippen LogP contribution in [-0.2, 0) is 6.54 Å². The first kappa shape index (κ1) is 24.6. The standard InChI is InChI=1S/C32H28N2O2S/c1-3-33(26-17-13-23(2)14-18-26)31(35)29-21-25-9-7-8-12-30(25)34(32(29)36)22-24-15-19-28(20-16-24)37-27-10-5-4-6-11-27/h4-21H,3,22H2,1-2H3. The van der Waals surface area contributed by atoms with Gasteiger partial charge < -0.3 is 9.47 Å². The average molecular weight is 505 g/mol. The zero-order valence-corrected chi connectivity index (χ0v) is 21.7. The lowest BCUT2D eigenvalue weighted by atomic mass is 10.1. The predicted octanol–water partition coefficient (Wildman–Crippen LogP) is 7.18. The van der Waals surface area contributed by atoms with E-state index in [0.29, 0.717) is 13.1 Å². The molecule has 0 fully saturated rings. The van der Waals surface area contributed by atoms with Gasteiger partial charge in [0, 0.05) is 22.0 Å². The fourth-order valence-electron chi connectivity index (χ4n) is 4.42. The molecule has 5 rings (SSSR count). The monoisotopic (exact) mass is 504 g/mol. The summed E-state index contributed by atoms with van der Waals surface area (Å²) in [6.45, 7) is 4.78. The van der Waals surface area contributed by atoms with Crippen molar-refractivity contribution in [3.8, 4) is 0 Å². The van der Waals surface area contributed by atoms with E-state index in [4.69, 9.17) is 0 Å². The Morgan fingerprint density at radius 1 is 0.811 bits per heavy atom. The molecule has 0 bridgehead atoms. The first-order valence-corrected chi connectivity index (χ1v) is 13.2. The molecule has 0 saturated heterocycles. The molecule has 37 heavy (non-hydrogen) atoms. The summed E-state index contributed by atoms with van der Waals surface area (Å²) in [5.41, 5.74) is 3.61. The Bertz CT molecular complexity index is 1590. The highest BCUT2D eigenvalue weighted by molar-refractivity contribution is 7.99. The quantitative estimate of drug-likeness (QED) is 0.236. The van der Waals surface area contributed by atoms with Crippen LogP contribution in [0.15, 0.2) is 124 Å². The largest absolute Gasteiger partial charge is 0.308 e. The van der Waals surface area contributed by atoms with Crippen LogP contribution >= 0.6 is 11.8 Å². The van der Waals surface area contributed by atoms with Gasteiger partial charge in [0.25, 0.3) is 11.5 Å². The van der Waals surface area contributed by atoms with E-state index in [-0.39, 0.29) is 17.0 Å². The average Bonchev–Trinajstić information content (AvgIpc) is 2.93. The Labute approximate surface area is 221 Å². The molecule has 1 heterocycles. The molecule has 5 heteroatoms. The molecular formula is C32H28N2O2S. The minimum atomic E-state index is -0.287. The fraction of sp³-hybridized carbons (Fsp3) is 0.125. The van der Waals surface area contributed by atoms with Crippen LogP contribution in [0.25, 0.3) is 10.9 Å². The normalized spacial score (nSPS) is 11.0. The zero-order chi connectivity index (χ0) is 25.8. The minimum absolute atomic E-state index is 0.178. The fourth-order valence-corrected chi connectivity index (χ4v) is 5.26. The molecule has 5 aromatic rings. The van der Waals surface area contributed by atoms with E-state index in [1.165, 1.54) is 4.90 Å². The lowest BCUT2D eigenvalue weighted by Gasteiger charge is -2.22. The Kier molecular flexibility index (Phi) is 7.24. The zero-order valence-electron chi connectivity index (χ0n) is 20.9. The van der Waals surface area contributed by atoms with Gasteiger partial charge in [0.1, 0.15) is 5.56 Å². The van der Waals surface area contributed by atoms with Gasteiger partial charge in [0.05, 0.1) is 12.1 Å². The molecule has 0 aliphatic rings. The van der Waals surface area contributed by atoms with Crippen molar-refractivity contribution < 1.29 is 4.79 Å². The lowest BCUT2D eigenvalue weighted by Crippen LogP contribution is -2.37. The van der Waals surface area contributed by atoms with Crippen molar-refractivity contribution in [2.75, 3.05) is 11.4 Å². The molecule has 1 amide bonds. The van der Waals surface area contributed by atoms with Crippen molar-refractivity contribution in [1.82, 2.24) is 4.57 Å².